The number of rotatable bonds is 6. The molecule has 3 aromatic rings. The van der Waals surface area contributed by atoms with Crippen LogP contribution in [0.1, 0.15) is 18.5 Å². The van der Waals surface area contributed by atoms with Crippen molar-refractivity contribution >= 4 is 17.5 Å². The van der Waals surface area contributed by atoms with Gasteiger partial charge in [-0.3, -0.25) is 4.79 Å². The number of aromatic nitrogens is 3. The second-order valence-corrected chi connectivity index (χ2v) is 6.38. The second kappa shape index (κ2) is 8.18. The van der Waals surface area contributed by atoms with E-state index in [2.05, 4.69) is 10.1 Å². The number of amides is 1. The van der Waals surface area contributed by atoms with Crippen molar-refractivity contribution in [2.24, 2.45) is 0 Å². The van der Waals surface area contributed by atoms with Crippen molar-refractivity contribution in [3.63, 3.8) is 0 Å². The molecule has 3 rings (SSSR count). The van der Waals surface area contributed by atoms with Crippen LogP contribution in [0.3, 0.4) is 0 Å². The van der Waals surface area contributed by atoms with Gasteiger partial charge in [0.05, 0.1) is 16.8 Å². The van der Waals surface area contributed by atoms with Gasteiger partial charge in [0, 0.05) is 13.1 Å². The summed E-state index contributed by atoms with van der Waals surface area (Å²) >= 11 is 5.71. The molecule has 0 bridgehead atoms. The number of nitrogens with zero attached hydrogens (tertiary/aromatic N) is 4. The van der Waals surface area contributed by atoms with Crippen LogP contribution >= 0.6 is 11.6 Å². The fourth-order valence-electron chi connectivity index (χ4n) is 2.50. The Morgan fingerprint density at radius 3 is 2.67 bits per heavy atom. The number of benzene rings is 2. The number of hydrogen-bond acceptors (Lipinski definition) is 4. The van der Waals surface area contributed by atoms with Crippen LogP contribution in [0.25, 0.3) is 5.69 Å². The zero-order chi connectivity index (χ0) is 19.4. The van der Waals surface area contributed by atoms with Crippen molar-refractivity contribution in [2.75, 3.05) is 13.7 Å². The molecule has 2 aromatic carbocycles. The summed E-state index contributed by atoms with van der Waals surface area (Å²) < 4.78 is 20.2. The molecule has 1 aromatic heterocycles. The molecule has 140 valence electrons. The van der Waals surface area contributed by atoms with Gasteiger partial charge in [-0.1, -0.05) is 23.7 Å². The van der Waals surface area contributed by atoms with Crippen molar-refractivity contribution in [3.8, 4) is 11.4 Å². The van der Waals surface area contributed by atoms with E-state index in [1.807, 2.05) is 31.2 Å². The Morgan fingerprint density at radius 1 is 1.30 bits per heavy atom. The highest BCUT2D eigenvalue weighted by Gasteiger charge is 2.18. The lowest BCUT2D eigenvalue weighted by atomic mass is 10.1. The summed E-state index contributed by atoms with van der Waals surface area (Å²) in [6.45, 7) is 1.76. The van der Waals surface area contributed by atoms with Gasteiger partial charge in [0.2, 0.25) is 0 Å². The minimum absolute atomic E-state index is 0.0471. The lowest BCUT2D eigenvalue weighted by Crippen LogP contribution is -2.33. The van der Waals surface area contributed by atoms with E-state index < -0.39 is 5.82 Å². The Labute approximate surface area is 161 Å². The number of ether oxygens (including phenoxy) is 1. The SMILES string of the molecule is CC(c1ccc(-n2cncn2)cc1)N(C)C(=O)COc1ccc(F)c(Cl)c1. The maximum absolute atomic E-state index is 13.2. The summed E-state index contributed by atoms with van der Waals surface area (Å²) in [6.07, 6.45) is 3.09. The van der Waals surface area contributed by atoms with Crippen LogP contribution in [-0.4, -0.2) is 39.2 Å². The van der Waals surface area contributed by atoms with Gasteiger partial charge in [0.1, 0.15) is 24.2 Å². The van der Waals surface area contributed by atoms with Crippen LogP contribution in [0.4, 0.5) is 4.39 Å². The van der Waals surface area contributed by atoms with Gasteiger partial charge in [0.15, 0.2) is 6.61 Å². The number of hydrogen-bond donors (Lipinski definition) is 0. The van der Waals surface area contributed by atoms with Crippen LogP contribution in [0.5, 0.6) is 5.75 Å². The molecule has 0 fully saturated rings. The fraction of sp³-hybridized carbons (Fsp3) is 0.211. The molecular formula is C19H18ClFN4O2. The number of likely N-dealkylation sites (N-methyl/N-ethyl adjacent to an activating group) is 1. The molecule has 0 saturated heterocycles. The first kappa shape index (κ1) is 18.8. The minimum Gasteiger partial charge on any atom is -0.484 e. The van der Waals surface area contributed by atoms with Crippen molar-refractivity contribution in [3.05, 3.63) is 71.5 Å². The summed E-state index contributed by atoms with van der Waals surface area (Å²) in [5.41, 5.74) is 1.86. The average Bonchev–Trinajstić information content (AvgIpc) is 3.22. The first-order valence-corrected chi connectivity index (χ1v) is 8.62. The highest BCUT2D eigenvalue weighted by molar-refractivity contribution is 6.30. The monoisotopic (exact) mass is 388 g/mol. The van der Waals surface area contributed by atoms with E-state index in [1.54, 1.807) is 23.0 Å². The smallest absolute Gasteiger partial charge is 0.260 e. The maximum Gasteiger partial charge on any atom is 0.260 e. The molecule has 0 saturated carbocycles. The van der Waals surface area contributed by atoms with Gasteiger partial charge in [0.25, 0.3) is 5.91 Å². The van der Waals surface area contributed by atoms with Crippen LogP contribution in [0.2, 0.25) is 5.02 Å². The minimum atomic E-state index is -0.532. The van der Waals surface area contributed by atoms with Gasteiger partial charge in [-0.15, -0.1) is 0 Å². The largest absolute Gasteiger partial charge is 0.484 e. The maximum atomic E-state index is 13.2. The average molecular weight is 389 g/mol. The Kier molecular flexibility index (Phi) is 5.71. The molecule has 0 aliphatic rings. The normalized spacial score (nSPS) is 11.9. The van der Waals surface area contributed by atoms with E-state index in [9.17, 15) is 9.18 Å². The first-order chi connectivity index (χ1) is 13.0. The summed E-state index contributed by atoms with van der Waals surface area (Å²) in [5.74, 6) is -0.397. The summed E-state index contributed by atoms with van der Waals surface area (Å²) in [7, 11) is 1.71. The molecule has 0 radical (unpaired) electrons. The van der Waals surface area contributed by atoms with Crippen LogP contribution in [0, 0.1) is 5.82 Å². The molecule has 0 N–H and O–H groups in total. The molecule has 0 aliphatic heterocycles. The van der Waals surface area contributed by atoms with Gasteiger partial charge in [-0.2, -0.15) is 5.10 Å². The standard InChI is InChI=1S/C19H18ClFN4O2/c1-13(14-3-5-15(6-4-14)25-12-22-11-23-25)24(2)19(26)10-27-16-7-8-18(21)17(20)9-16/h3-9,11-13H,10H2,1-2H3. The molecule has 8 heteroatoms. The lowest BCUT2D eigenvalue weighted by Gasteiger charge is -2.25. The summed E-state index contributed by atoms with van der Waals surface area (Å²) in [6, 6.07) is 11.5. The zero-order valence-electron chi connectivity index (χ0n) is 14.8. The Bertz CT molecular complexity index is 916. The van der Waals surface area contributed by atoms with E-state index >= 15 is 0 Å². The number of halogens is 2. The summed E-state index contributed by atoms with van der Waals surface area (Å²) in [4.78, 5) is 17.9. The van der Waals surface area contributed by atoms with Crippen LogP contribution in [0.15, 0.2) is 55.1 Å². The van der Waals surface area contributed by atoms with E-state index in [-0.39, 0.29) is 23.6 Å². The predicted molar refractivity (Wildman–Crippen MR) is 99.4 cm³/mol. The summed E-state index contributed by atoms with van der Waals surface area (Å²) in [5, 5.41) is 4.03. The number of carbonyl (C=O) groups excluding carboxylic acids is 1. The van der Waals surface area contributed by atoms with Crippen molar-refractivity contribution in [1.82, 2.24) is 19.7 Å². The third-order valence-corrected chi connectivity index (χ3v) is 4.58. The van der Waals surface area contributed by atoms with Gasteiger partial charge in [-0.25, -0.2) is 14.1 Å². The fourth-order valence-corrected chi connectivity index (χ4v) is 2.67. The molecule has 1 amide bonds. The molecule has 1 heterocycles. The van der Waals surface area contributed by atoms with E-state index in [4.69, 9.17) is 16.3 Å². The molecular weight excluding hydrogens is 371 g/mol. The van der Waals surface area contributed by atoms with E-state index in [1.165, 1.54) is 24.5 Å². The molecule has 1 unspecified atom stereocenters. The Morgan fingerprint density at radius 2 is 2.04 bits per heavy atom. The van der Waals surface area contributed by atoms with Crippen molar-refractivity contribution in [1.29, 1.82) is 0 Å². The molecule has 1 atom stereocenters. The Balaban J connectivity index is 1.61. The van der Waals surface area contributed by atoms with E-state index in [0.29, 0.717) is 5.75 Å². The zero-order valence-corrected chi connectivity index (χ0v) is 15.6. The third kappa shape index (κ3) is 4.43. The van der Waals surface area contributed by atoms with E-state index in [0.717, 1.165) is 11.3 Å². The highest BCUT2D eigenvalue weighted by atomic mass is 35.5. The second-order valence-electron chi connectivity index (χ2n) is 5.98. The molecule has 0 aliphatic carbocycles. The van der Waals surface area contributed by atoms with Crippen molar-refractivity contribution in [2.45, 2.75) is 13.0 Å². The third-order valence-electron chi connectivity index (χ3n) is 4.29. The van der Waals surface area contributed by atoms with Crippen LogP contribution in [-0.2, 0) is 4.79 Å². The Hall–Kier alpha value is -2.93. The van der Waals surface area contributed by atoms with Crippen molar-refractivity contribution < 1.29 is 13.9 Å². The van der Waals surface area contributed by atoms with Gasteiger partial charge >= 0.3 is 0 Å². The van der Waals surface area contributed by atoms with Gasteiger partial charge < -0.3 is 9.64 Å². The molecule has 27 heavy (non-hydrogen) atoms. The van der Waals surface area contributed by atoms with Crippen LogP contribution < -0.4 is 4.74 Å². The first-order valence-electron chi connectivity index (χ1n) is 8.24. The quantitative estimate of drug-likeness (QED) is 0.646. The lowest BCUT2D eigenvalue weighted by molar-refractivity contribution is -0.134. The number of carbonyl (C=O) groups is 1. The molecule has 0 spiro atoms. The highest BCUT2D eigenvalue weighted by Crippen LogP contribution is 2.23. The molecule has 6 nitrogen and oxygen atoms in total. The predicted octanol–water partition coefficient (Wildman–Crippen LogP) is 3.66. The topological polar surface area (TPSA) is 60.2 Å². The van der Waals surface area contributed by atoms with Gasteiger partial charge in [-0.05, 0) is 36.8 Å².